The van der Waals surface area contributed by atoms with E-state index in [0.717, 1.165) is 10.7 Å². The van der Waals surface area contributed by atoms with Gasteiger partial charge in [0.1, 0.15) is 10.8 Å². The minimum atomic E-state index is -0.352. The number of thiazole rings is 1. The van der Waals surface area contributed by atoms with Gasteiger partial charge in [-0.25, -0.2) is 9.37 Å². The highest BCUT2D eigenvalue weighted by atomic mass is 32.1. The third kappa shape index (κ3) is 5.26. The van der Waals surface area contributed by atoms with E-state index in [2.05, 4.69) is 39.8 Å². The van der Waals surface area contributed by atoms with Crippen LogP contribution in [0, 0.1) is 5.82 Å². The van der Waals surface area contributed by atoms with Crippen molar-refractivity contribution in [3.8, 4) is 0 Å². The highest BCUT2D eigenvalue weighted by molar-refractivity contribution is 7.09. The predicted octanol–water partition coefficient (Wildman–Crippen LogP) is 4.05. The van der Waals surface area contributed by atoms with Crippen molar-refractivity contribution in [3.05, 3.63) is 51.7 Å². The fourth-order valence-electron chi connectivity index (χ4n) is 2.46. The predicted molar refractivity (Wildman–Crippen MR) is 104 cm³/mol. The van der Waals surface area contributed by atoms with Gasteiger partial charge >= 0.3 is 0 Å². The van der Waals surface area contributed by atoms with Crippen molar-refractivity contribution in [2.45, 2.75) is 45.6 Å². The van der Waals surface area contributed by atoms with Crippen LogP contribution in [-0.2, 0) is 12.0 Å². The van der Waals surface area contributed by atoms with Gasteiger partial charge in [-0.2, -0.15) is 0 Å². The zero-order chi connectivity index (χ0) is 18.4. The number of hydrogen-bond donors (Lipinski definition) is 2. The van der Waals surface area contributed by atoms with E-state index in [0.29, 0.717) is 30.5 Å². The monoisotopic (exact) mass is 362 g/mol. The van der Waals surface area contributed by atoms with E-state index in [1.807, 2.05) is 26.0 Å². The number of hydrogen-bond acceptors (Lipinski definition) is 3. The van der Waals surface area contributed by atoms with E-state index in [9.17, 15) is 4.39 Å². The lowest BCUT2D eigenvalue weighted by atomic mass is 9.84. The highest BCUT2D eigenvalue weighted by Crippen LogP contribution is 2.24. The van der Waals surface area contributed by atoms with Crippen LogP contribution in [0.1, 0.15) is 49.9 Å². The molecule has 1 heterocycles. The van der Waals surface area contributed by atoms with Crippen molar-refractivity contribution in [1.29, 1.82) is 0 Å². The first-order valence-corrected chi connectivity index (χ1v) is 9.35. The Labute approximate surface area is 153 Å². The maximum atomic E-state index is 14.0. The average molecular weight is 363 g/mol. The largest absolute Gasteiger partial charge is 0.356 e. The molecule has 2 rings (SSSR count). The molecular formula is C19H27FN4S. The SMILES string of the molecule is CN=C(NCc1nc(C(C)C)cs1)NCC(C)(C)c1ccccc1F. The van der Waals surface area contributed by atoms with Crippen LogP contribution in [0.2, 0.25) is 0 Å². The van der Waals surface area contributed by atoms with Gasteiger partial charge in [0.15, 0.2) is 5.96 Å². The summed E-state index contributed by atoms with van der Waals surface area (Å²) in [6.07, 6.45) is 0. The first kappa shape index (κ1) is 19.4. The zero-order valence-electron chi connectivity index (χ0n) is 15.6. The molecule has 0 aliphatic heterocycles. The molecule has 0 amide bonds. The van der Waals surface area contributed by atoms with E-state index in [1.54, 1.807) is 24.5 Å². The average Bonchev–Trinajstić information content (AvgIpc) is 3.04. The van der Waals surface area contributed by atoms with E-state index < -0.39 is 0 Å². The Morgan fingerprint density at radius 1 is 1.28 bits per heavy atom. The van der Waals surface area contributed by atoms with E-state index >= 15 is 0 Å². The van der Waals surface area contributed by atoms with Gasteiger partial charge in [-0.15, -0.1) is 11.3 Å². The summed E-state index contributed by atoms with van der Waals surface area (Å²) in [5.74, 6) is 0.941. The molecule has 0 aliphatic carbocycles. The van der Waals surface area contributed by atoms with Crippen LogP contribution in [0.5, 0.6) is 0 Å². The Morgan fingerprint density at radius 2 is 2.00 bits per heavy atom. The molecule has 0 atom stereocenters. The molecule has 0 radical (unpaired) electrons. The van der Waals surface area contributed by atoms with Gasteiger partial charge in [-0.1, -0.05) is 45.9 Å². The van der Waals surface area contributed by atoms with Crippen molar-refractivity contribution in [3.63, 3.8) is 0 Å². The molecule has 2 aromatic rings. The molecule has 1 aromatic carbocycles. The van der Waals surface area contributed by atoms with Crippen LogP contribution in [-0.4, -0.2) is 24.5 Å². The molecule has 0 fully saturated rings. The van der Waals surface area contributed by atoms with Crippen LogP contribution in [0.25, 0.3) is 0 Å². The molecule has 0 saturated carbocycles. The summed E-state index contributed by atoms with van der Waals surface area (Å²) in [6, 6.07) is 6.90. The smallest absolute Gasteiger partial charge is 0.191 e. The number of aromatic nitrogens is 1. The lowest BCUT2D eigenvalue weighted by Gasteiger charge is -2.27. The van der Waals surface area contributed by atoms with Crippen LogP contribution < -0.4 is 10.6 Å². The second-order valence-corrected chi connectivity index (χ2v) is 7.91. The Bertz CT molecular complexity index is 722. The molecule has 2 N–H and O–H groups in total. The summed E-state index contributed by atoms with van der Waals surface area (Å²) >= 11 is 1.65. The summed E-state index contributed by atoms with van der Waals surface area (Å²) in [7, 11) is 1.73. The Hall–Kier alpha value is -1.95. The number of nitrogens with one attached hydrogen (secondary N) is 2. The Kier molecular flexibility index (Phi) is 6.53. The molecule has 0 saturated heterocycles. The summed E-state index contributed by atoms with van der Waals surface area (Å²) in [6.45, 7) is 9.50. The molecule has 1 aromatic heterocycles. The first-order chi connectivity index (χ1) is 11.8. The normalized spacial score (nSPS) is 12.5. The fourth-order valence-corrected chi connectivity index (χ4v) is 3.36. The number of nitrogens with zero attached hydrogens (tertiary/aromatic N) is 2. The number of benzene rings is 1. The minimum Gasteiger partial charge on any atom is -0.356 e. The highest BCUT2D eigenvalue weighted by Gasteiger charge is 2.24. The first-order valence-electron chi connectivity index (χ1n) is 8.47. The quantitative estimate of drug-likeness (QED) is 0.602. The summed E-state index contributed by atoms with van der Waals surface area (Å²) in [5.41, 5.74) is 1.46. The van der Waals surface area contributed by atoms with Crippen molar-refractivity contribution in [2.75, 3.05) is 13.6 Å². The van der Waals surface area contributed by atoms with Gasteiger partial charge in [0.2, 0.25) is 0 Å². The van der Waals surface area contributed by atoms with Crippen LogP contribution in [0.15, 0.2) is 34.6 Å². The number of aliphatic imine (C=N–C) groups is 1. The lowest BCUT2D eigenvalue weighted by molar-refractivity contribution is 0.473. The molecule has 0 aliphatic rings. The molecule has 0 bridgehead atoms. The summed E-state index contributed by atoms with van der Waals surface area (Å²) < 4.78 is 14.0. The van der Waals surface area contributed by atoms with Gasteiger partial charge in [-0.05, 0) is 17.5 Å². The number of guanidine groups is 1. The molecule has 4 nitrogen and oxygen atoms in total. The summed E-state index contributed by atoms with van der Waals surface area (Å²) in [4.78, 5) is 8.85. The number of rotatable bonds is 6. The zero-order valence-corrected chi connectivity index (χ0v) is 16.4. The van der Waals surface area contributed by atoms with Gasteiger partial charge in [0.05, 0.1) is 12.2 Å². The van der Waals surface area contributed by atoms with Crippen molar-refractivity contribution in [2.24, 2.45) is 4.99 Å². The molecule has 6 heteroatoms. The third-order valence-corrected chi connectivity index (χ3v) is 4.96. The van der Waals surface area contributed by atoms with E-state index in [4.69, 9.17) is 0 Å². The minimum absolute atomic E-state index is 0.179. The maximum absolute atomic E-state index is 14.0. The fraction of sp³-hybridized carbons (Fsp3) is 0.474. The van der Waals surface area contributed by atoms with Crippen LogP contribution in [0.3, 0.4) is 0 Å². The van der Waals surface area contributed by atoms with Crippen LogP contribution in [0.4, 0.5) is 4.39 Å². The van der Waals surface area contributed by atoms with Gasteiger partial charge in [0, 0.05) is 24.4 Å². The second kappa shape index (κ2) is 8.43. The van der Waals surface area contributed by atoms with Crippen molar-refractivity contribution in [1.82, 2.24) is 15.6 Å². The van der Waals surface area contributed by atoms with Gasteiger partial charge < -0.3 is 10.6 Å². The topological polar surface area (TPSA) is 49.3 Å². The molecule has 25 heavy (non-hydrogen) atoms. The van der Waals surface area contributed by atoms with E-state index in [1.165, 1.54) is 6.07 Å². The van der Waals surface area contributed by atoms with Crippen LogP contribution >= 0.6 is 11.3 Å². The standard InChI is InChI=1S/C19H27FN4S/c1-13(2)16-11-25-17(24-16)10-22-18(21-5)23-12-19(3,4)14-8-6-7-9-15(14)20/h6-9,11,13H,10,12H2,1-5H3,(H2,21,22,23). The van der Waals surface area contributed by atoms with Gasteiger partial charge in [0.25, 0.3) is 0 Å². The number of halogens is 1. The summed E-state index contributed by atoms with van der Waals surface area (Å²) in [5, 5.41) is 9.68. The molecule has 0 spiro atoms. The second-order valence-electron chi connectivity index (χ2n) is 6.96. The maximum Gasteiger partial charge on any atom is 0.191 e. The molecule has 136 valence electrons. The van der Waals surface area contributed by atoms with Crippen molar-refractivity contribution >= 4 is 17.3 Å². The molecule has 0 unspecified atom stereocenters. The van der Waals surface area contributed by atoms with Gasteiger partial charge in [-0.3, -0.25) is 4.99 Å². The Morgan fingerprint density at radius 3 is 2.60 bits per heavy atom. The van der Waals surface area contributed by atoms with Crippen molar-refractivity contribution < 1.29 is 4.39 Å². The third-order valence-electron chi connectivity index (χ3n) is 4.09. The lowest BCUT2D eigenvalue weighted by Crippen LogP contribution is -2.43. The van der Waals surface area contributed by atoms with E-state index in [-0.39, 0.29) is 11.2 Å². The molecular weight excluding hydrogens is 335 g/mol. The Balaban J connectivity index is 1.92.